The quantitative estimate of drug-likeness (QED) is 0.739. The molecule has 1 fully saturated rings. The van der Waals surface area contributed by atoms with Crippen molar-refractivity contribution < 1.29 is 4.79 Å². The first-order valence-corrected chi connectivity index (χ1v) is 9.56. The lowest BCUT2D eigenvalue weighted by Crippen LogP contribution is -2.24. The lowest BCUT2D eigenvalue weighted by atomic mass is 9.93. The van der Waals surface area contributed by atoms with Gasteiger partial charge in [0.05, 0.1) is 0 Å². The minimum atomic E-state index is 0.200. The van der Waals surface area contributed by atoms with Crippen molar-refractivity contribution in [3.63, 3.8) is 0 Å². The highest BCUT2D eigenvalue weighted by molar-refractivity contribution is 5.80. The summed E-state index contributed by atoms with van der Waals surface area (Å²) in [5.41, 5.74) is 7.80. The van der Waals surface area contributed by atoms with E-state index in [2.05, 4.69) is 81.6 Å². The van der Waals surface area contributed by atoms with Gasteiger partial charge in [-0.25, -0.2) is 0 Å². The average Bonchev–Trinajstić information content (AvgIpc) is 3.47. The minimum absolute atomic E-state index is 0.200. The molecule has 1 aliphatic rings. The molecule has 2 heteroatoms. The summed E-state index contributed by atoms with van der Waals surface area (Å²) in [5.74, 6) is 0.852. The third-order valence-electron chi connectivity index (χ3n) is 5.45. The third kappa shape index (κ3) is 4.63. The molecule has 1 atom stereocenters. The van der Waals surface area contributed by atoms with Crippen LogP contribution in [-0.4, -0.2) is 5.91 Å². The summed E-state index contributed by atoms with van der Waals surface area (Å²) in [7, 11) is 0. The lowest BCUT2D eigenvalue weighted by molar-refractivity contribution is -0.122. The maximum Gasteiger partial charge on any atom is 0.223 e. The Morgan fingerprint density at radius 2 is 1.73 bits per heavy atom. The number of aryl methyl sites for hydroxylation is 2. The maximum absolute atomic E-state index is 11.7. The summed E-state index contributed by atoms with van der Waals surface area (Å²) in [6.07, 6.45) is 6.54. The molecule has 1 aliphatic carbocycles. The molecule has 1 saturated carbocycles. The molecule has 1 amide bonds. The number of allylic oxidation sites excluding steroid dienone is 1. The van der Waals surface area contributed by atoms with Gasteiger partial charge in [-0.3, -0.25) is 4.79 Å². The predicted molar refractivity (Wildman–Crippen MR) is 109 cm³/mol. The van der Waals surface area contributed by atoms with E-state index in [1.807, 2.05) is 0 Å². The van der Waals surface area contributed by atoms with E-state index in [0.717, 1.165) is 18.4 Å². The standard InChI is InChI=1S/C24H29NO/c1-16(23-13-17(2)19(4)18(3)14-23)5-6-20-7-9-21(10-8-20)15-25-24(26)22-11-12-22/h5-10,13-14,16,22H,11-12,15H2,1-4H3,(H,25,26)/b6-5+. The molecule has 0 aliphatic heterocycles. The molecule has 26 heavy (non-hydrogen) atoms. The zero-order valence-electron chi connectivity index (χ0n) is 16.3. The van der Waals surface area contributed by atoms with Crippen LogP contribution in [0, 0.1) is 26.7 Å². The van der Waals surface area contributed by atoms with Crippen LogP contribution in [0.15, 0.2) is 42.5 Å². The van der Waals surface area contributed by atoms with Crippen LogP contribution in [-0.2, 0) is 11.3 Å². The van der Waals surface area contributed by atoms with Gasteiger partial charge in [-0.05, 0) is 72.9 Å². The van der Waals surface area contributed by atoms with Gasteiger partial charge >= 0.3 is 0 Å². The van der Waals surface area contributed by atoms with E-state index in [1.165, 1.54) is 27.8 Å². The van der Waals surface area contributed by atoms with E-state index in [-0.39, 0.29) is 11.8 Å². The van der Waals surface area contributed by atoms with Crippen molar-refractivity contribution in [2.75, 3.05) is 0 Å². The lowest BCUT2D eigenvalue weighted by Gasteiger charge is -2.12. The van der Waals surface area contributed by atoms with Crippen LogP contribution in [0.4, 0.5) is 0 Å². The van der Waals surface area contributed by atoms with Gasteiger partial charge in [0.15, 0.2) is 0 Å². The Morgan fingerprint density at radius 3 is 2.31 bits per heavy atom. The largest absolute Gasteiger partial charge is 0.352 e. The number of rotatable bonds is 6. The van der Waals surface area contributed by atoms with Gasteiger partial charge in [0.2, 0.25) is 5.91 Å². The molecule has 0 spiro atoms. The molecular weight excluding hydrogens is 318 g/mol. The first-order chi connectivity index (χ1) is 12.4. The smallest absolute Gasteiger partial charge is 0.223 e. The van der Waals surface area contributed by atoms with Crippen LogP contribution in [0.3, 0.4) is 0 Å². The van der Waals surface area contributed by atoms with Crippen molar-refractivity contribution in [1.82, 2.24) is 5.32 Å². The molecule has 1 N–H and O–H groups in total. The average molecular weight is 348 g/mol. The maximum atomic E-state index is 11.7. The van der Waals surface area contributed by atoms with Gasteiger partial charge in [0.1, 0.15) is 0 Å². The highest BCUT2D eigenvalue weighted by atomic mass is 16.2. The van der Waals surface area contributed by atoms with Crippen molar-refractivity contribution in [1.29, 1.82) is 0 Å². The number of benzene rings is 2. The zero-order chi connectivity index (χ0) is 18.7. The molecule has 0 bridgehead atoms. The normalized spacial score (nSPS) is 15.2. The van der Waals surface area contributed by atoms with E-state index in [9.17, 15) is 4.79 Å². The van der Waals surface area contributed by atoms with E-state index in [4.69, 9.17) is 0 Å². The monoisotopic (exact) mass is 347 g/mol. The van der Waals surface area contributed by atoms with Gasteiger partial charge in [-0.1, -0.05) is 55.5 Å². The zero-order valence-corrected chi connectivity index (χ0v) is 16.3. The highest BCUT2D eigenvalue weighted by Gasteiger charge is 2.29. The van der Waals surface area contributed by atoms with Gasteiger partial charge in [-0.2, -0.15) is 0 Å². The molecule has 2 aromatic rings. The SMILES string of the molecule is Cc1cc(C(C)/C=C/c2ccc(CNC(=O)C3CC3)cc2)cc(C)c1C. The van der Waals surface area contributed by atoms with Crippen LogP contribution >= 0.6 is 0 Å². The first kappa shape index (κ1) is 18.4. The number of hydrogen-bond donors (Lipinski definition) is 1. The first-order valence-electron chi connectivity index (χ1n) is 9.56. The van der Waals surface area contributed by atoms with E-state index in [0.29, 0.717) is 12.5 Å². The van der Waals surface area contributed by atoms with Crippen molar-refractivity contribution >= 4 is 12.0 Å². The van der Waals surface area contributed by atoms with Crippen LogP contribution in [0.25, 0.3) is 6.08 Å². The van der Waals surface area contributed by atoms with E-state index >= 15 is 0 Å². The molecular formula is C24H29NO. The Morgan fingerprint density at radius 1 is 1.12 bits per heavy atom. The number of amides is 1. The second-order valence-corrected chi connectivity index (χ2v) is 7.66. The molecule has 1 unspecified atom stereocenters. The number of hydrogen-bond acceptors (Lipinski definition) is 1. The Balaban J connectivity index is 1.60. The molecule has 0 heterocycles. The van der Waals surface area contributed by atoms with Gasteiger partial charge in [-0.15, -0.1) is 0 Å². The summed E-state index contributed by atoms with van der Waals surface area (Å²) in [6.45, 7) is 9.41. The van der Waals surface area contributed by atoms with Crippen LogP contribution in [0.1, 0.15) is 59.1 Å². The van der Waals surface area contributed by atoms with Crippen LogP contribution < -0.4 is 5.32 Å². The second kappa shape index (κ2) is 7.90. The Bertz CT molecular complexity index is 790. The minimum Gasteiger partial charge on any atom is -0.352 e. The fraction of sp³-hybridized carbons (Fsp3) is 0.375. The predicted octanol–water partition coefficient (Wildman–Crippen LogP) is 5.45. The topological polar surface area (TPSA) is 29.1 Å². The van der Waals surface area contributed by atoms with Gasteiger partial charge < -0.3 is 5.32 Å². The fourth-order valence-electron chi connectivity index (χ4n) is 3.12. The molecule has 3 rings (SSSR count). The molecule has 136 valence electrons. The molecule has 2 aromatic carbocycles. The molecule has 0 saturated heterocycles. The number of carbonyl (C=O) groups excluding carboxylic acids is 1. The summed E-state index contributed by atoms with van der Waals surface area (Å²) in [6, 6.07) is 13.0. The Hall–Kier alpha value is -2.35. The highest BCUT2D eigenvalue weighted by Crippen LogP contribution is 2.28. The molecule has 2 nitrogen and oxygen atoms in total. The number of nitrogens with one attached hydrogen (secondary N) is 1. The van der Waals surface area contributed by atoms with E-state index in [1.54, 1.807) is 0 Å². The summed E-state index contributed by atoms with van der Waals surface area (Å²) < 4.78 is 0. The van der Waals surface area contributed by atoms with Crippen molar-refractivity contribution in [2.45, 2.75) is 53.0 Å². The van der Waals surface area contributed by atoms with Crippen LogP contribution in [0.2, 0.25) is 0 Å². The summed E-state index contributed by atoms with van der Waals surface area (Å²) in [5, 5.41) is 3.01. The second-order valence-electron chi connectivity index (χ2n) is 7.66. The number of carbonyl (C=O) groups is 1. The van der Waals surface area contributed by atoms with Crippen molar-refractivity contribution in [3.05, 3.63) is 75.9 Å². The Labute approximate surface area is 157 Å². The molecule has 0 radical (unpaired) electrons. The third-order valence-corrected chi connectivity index (χ3v) is 5.45. The van der Waals surface area contributed by atoms with E-state index < -0.39 is 0 Å². The van der Waals surface area contributed by atoms with Gasteiger partial charge in [0, 0.05) is 12.5 Å². The van der Waals surface area contributed by atoms with Crippen molar-refractivity contribution in [3.8, 4) is 0 Å². The summed E-state index contributed by atoms with van der Waals surface area (Å²) >= 11 is 0. The Kier molecular flexibility index (Phi) is 5.61. The van der Waals surface area contributed by atoms with Crippen LogP contribution in [0.5, 0.6) is 0 Å². The van der Waals surface area contributed by atoms with Crippen molar-refractivity contribution in [2.24, 2.45) is 5.92 Å². The summed E-state index contributed by atoms with van der Waals surface area (Å²) in [4.78, 5) is 11.7. The fourth-order valence-corrected chi connectivity index (χ4v) is 3.12. The molecule has 0 aromatic heterocycles. The van der Waals surface area contributed by atoms with Gasteiger partial charge in [0.25, 0.3) is 0 Å².